The lowest BCUT2D eigenvalue weighted by molar-refractivity contribution is -0.126. The van der Waals surface area contributed by atoms with Crippen molar-refractivity contribution in [3.05, 3.63) is 77.2 Å². The summed E-state index contributed by atoms with van der Waals surface area (Å²) in [6.07, 6.45) is 6.75. The minimum atomic E-state index is -3.73. The largest absolute Gasteiger partial charge is 0.351 e. The van der Waals surface area contributed by atoms with Gasteiger partial charge in [-0.15, -0.1) is 0 Å². The van der Waals surface area contributed by atoms with Gasteiger partial charge in [0, 0.05) is 47.7 Å². The second-order valence-electron chi connectivity index (χ2n) is 8.81. The lowest BCUT2D eigenvalue weighted by Crippen LogP contribution is -2.47. The van der Waals surface area contributed by atoms with Crippen molar-refractivity contribution in [2.45, 2.75) is 44.2 Å². The summed E-state index contributed by atoms with van der Waals surface area (Å²) in [7, 11) is -3.73. The van der Waals surface area contributed by atoms with Crippen LogP contribution in [-0.2, 0) is 19.8 Å². The van der Waals surface area contributed by atoms with Gasteiger partial charge in [0.15, 0.2) is 0 Å². The SMILES string of the molecule is O=C(NC1CCCCC1)C(c1ccccc1Cl)N(C(=O)C=CNS(=O)(=O)N1CC1)c1cccc(F)c1. The van der Waals surface area contributed by atoms with Crippen molar-refractivity contribution in [1.29, 1.82) is 0 Å². The molecule has 1 heterocycles. The minimum absolute atomic E-state index is 0.0457. The van der Waals surface area contributed by atoms with Gasteiger partial charge in [0.1, 0.15) is 11.9 Å². The first-order chi connectivity index (χ1) is 17.3. The van der Waals surface area contributed by atoms with Gasteiger partial charge in [-0.05, 0) is 37.1 Å². The van der Waals surface area contributed by atoms with Crippen LogP contribution in [0.15, 0.2) is 60.8 Å². The van der Waals surface area contributed by atoms with E-state index in [1.54, 1.807) is 24.3 Å². The molecule has 1 atom stereocenters. The third-order valence-electron chi connectivity index (χ3n) is 6.17. The molecular formula is C25H28ClFN4O4S. The van der Waals surface area contributed by atoms with Gasteiger partial charge in [0.2, 0.25) is 5.91 Å². The molecule has 2 aromatic carbocycles. The molecule has 2 N–H and O–H groups in total. The predicted octanol–water partition coefficient (Wildman–Crippen LogP) is 3.67. The van der Waals surface area contributed by atoms with E-state index in [0.29, 0.717) is 18.7 Å². The Kier molecular flexibility index (Phi) is 8.28. The fourth-order valence-electron chi connectivity index (χ4n) is 4.28. The maximum Gasteiger partial charge on any atom is 0.301 e. The number of rotatable bonds is 9. The molecule has 36 heavy (non-hydrogen) atoms. The number of amides is 2. The van der Waals surface area contributed by atoms with E-state index >= 15 is 0 Å². The van der Waals surface area contributed by atoms with Crippen LogP contribution in [0.1, 0.15) is 43.7 Å². The molecule has 1 aliphatic carbocycles. The highest BCUT2D eigenvalue weighted by molar-refractivity contribution is 7.87. The van der Waals surface area contributed by atoms with Gasteiger partial charge < -0.3 is 5.32 Å². The van der Waals surface area contributed by atoms with Crippen LogP contribution in [0.2, 0.25) is 5.02 Å². The normalized spacial score (nSPS) is 17.5. The number of halogens is 2. The zero-order chi connectivity index (χ0) is 25.7. The van der Waals surface area contributed by atoms with E-state index in [1.165, 1.54) is 22.5 Å². The summed E-state index contributed by atoms with van der Waals surface area (Å²) < 4.78 is 41.8. The molecule has 1 aliphatic heterocycles. The number of nitrogens with zero attached hydrogens (tertiary/aromatic N) is 2. The first-order valence-corrected chi connectivity index (χ1v) is 13.7. The average molecular weight is 535 g/mol. The summed E-state index contributed by atoms with van der Waals surface area (Å²) in [4.78, 5) is 28.3. The third-order valence-corrected chi connectivity index (χ3v) is 7.99. The Morgan fingerprint density at radius 2 is 1.81 bits per heavy atom. The number of carbonyl (C=O) groups is 2. The Labute approximate surface area is 215 Å². The average Bonchev–Trinajstić information content (AvgIpc) is 3.70. The van der Waals surface area contributed by atoms with Crippen molar-refractivity contribution in [2.75, 3.05) is 18.0 Å². The van der Waals surface area contributed by atoms with Crippen LogP contribution in [0, 0.1) is 5.82 Å². The maximum absolute atomic E-state index is 14.2. The van der Waals surface area contributed by atoms with Gasteiger partial charge in [-0.3, -0.25) is 19.2 Å². The fraction of sp³-hybridized carbons (Fsp3) is 0.360. The predicted molar refractivity (Wildman–Crippen MR) is 136 cm³/mol. The van der Waals surface area contributed by atoms with E-state index in [0.717, 1.165) is 55.3 Å². The van der Waals surface area contributed by atoms with Crippen molar-refractivity contribution in [3.63, 3.8) is 0 Å². The van der Waals surface area contributed by atoms with Crippen molar-refractivity contribution >= 4 is 39.3 Å². The molecule has 0 spiro atoms. The van der Waals surface area contributed by atoms with Gasteiger partial charge >= 0.3 is 10.2 Å². The highest BCUT2D eigenvalue weighted by Gasteiger charge is 2.35. The molecular weight excluding hydrogens is 507 g/mol. The summed E-state index contributed by atoms with van der Waals surface area (Å²) in [5.74, 6) is -1.77. The number of hydrogen-bond donors (Lipinski definition) is 2. The topological polar surface area (TPSA) is 98.6 Å². The Bertz CT molecular complexity index is 1250. The van der Waals surface area contributed by atoms with Crippen molar-refractivity contribution < 1.29 is 22.4 Å². The standard InChI is InChI=1S/C25H28ClFN4O4S/c26-22-12-5-4-11-21(22)24(25(33)29-19-8-2-1-3-9-19)31(20-10-6-7-18(27)17-20)23(32)13-14-28-36(34,35)30-15-16-30/h4-7,10-14,17,19,24,28H,1-3,8-9,15-16H2,(H,29,33). The summed E-state index contributed by atoms with van der Waals surface area (Å²) in [6, 6.07) is 10.7. The van der Waals surface area contributed by atoms with Gasteiger partial charge in [-0.2, -0.15) is 12.7 Å². The summed E-state index contributed by atoms with van der Waals surface area (Å²) in [6.45, 7) is 0.810. The highest BCUT2D eigenvalue weighted by Crippen LogP contribution is 2.33. The molecule has 0 aromatic heterocycles. The van der Waals surface area contributed by atoms with Crippen LogP contribution in [0.4, 0.5) is 10.1 Å². The zero-order valence-corrected chi connectivity index (χ0v) is 21.1. The Balaban J connectivity index is 1.71. The first-order valence-electron chi connectivity index (χ1n) is 11.8. The molecule has 2 amide bonds. The summed E-state index contributed by atoms with van der Waals surface area (Å²) >= 11 is 6.47. The van der Waals surface area contributed by atoms with Gasteiger partial charge in [-0.1, -0.05) is 55.1 Å². The van der Waals surface area contributed by atoms with Crippen molar-refractivity contribution in [1.82, 2.24) is 14.3 Å². The number of carbonyl (C=O) groups excluding carboxylic acids is 2. The van der Waals surface area contributed by atoms with Gasteiger partial charge in [0.25, 0.3) is 5.91 Å². The van der Waals surface area contributed by atoms with Crippen molar-refractivity contribution in [3.8, 4) is 0 Å². The van der Waals surface area contributed by atoms with E-state index in [4.69, 9.17) is 11.6 Å². The second kappa shape index (κ2) is 11.4. The zero-order valence-electron chi connectivity index (χ0n) is 19.6. The number of anilines is 1. The summed E-state index contributed by atoms with van der Waals surface area (Å²) in [5, 5.41) is 3.31. The van der Waals surface area contributed by atoms with Gasteiger partial charge in [0.05, 0.1) is 0 Å². The first kappa shape index (κ1) is 26.1. The van der Waals surface area contributed by atoms with Gasteiger partial charge in [-0.25, -0.2) is 4.39 Å². The Morgan fingerprint density at radius 1 is 1.08 bits per heavy atom. The van der Waals surface area contributed by atoms with Crippen molar-refractivity contribution in [2.24, 2.45) is 0 Å². The van der Waals surface area contributed by atoms with E-state index < -0.39 is 33.9 Å². The third kappa shape index (κ3) is 6.43. The molecule has 8 nitrogen and oxygen atoms in total. The van der Waals surface area contributed by atoms with Crippen LogP contribution in [0.25, 0.3) is 0 Å². The molecule has 1 saturated heterocycles. The maximum atomic E-state index is 14.2. The summed E-state index contributed by atoms with van der Waals surface area (Å²) in [5.41, 5.74) is 0.491. The monoisotopic (exact) mass is 534 g/mol. The molecule has 1 saturated carbocycles. The number of benzene rings is 2. The van der Waals surface area contributed by atoms with Crippen LogP contribution in [0.5, 0.6) is 0 Å². The molecule has 2 aromatic rings. The minimum Gasteiger partial charge on any atom is -0.351 e. The van der Waals surface area contributed by atoms with E-state index in [2.05, 4.69) is 10.0 Å². The van der Waals surface area contributed by atoms with Crippen LogP contribution < -0.4 is 14.9 Å². The molecule has 1 unspecified atom stereocenters. The molecule has 2 fully saturated rings. The van der Waals surface area contributed by atoms with E-state index in [9.17, 15) is 22.4 Å². The van der Waals surface area contributed by atoms with Crippen LogP contribution in [0.3, 0.4) is 0 Å². The lowest BCUT2D eigenvalue weighted by Gasteiger charge is -2.33. The molecule has 0 radical (unpaired) electrons. The molecule has 4 rings (SSSR count). The highest BCUT2D eigenvalue weighted by atomic mass is 35.5. The molecule has 192 valence electrons. The Hall–Kier alpha value is -2.95. The second-order valence-corrected chi connectivity index (χ2v) is 10.9. The molecule has 0 bridgehead atoms. The number of hydrogen-bond acceptors (Lipinski definition) is 4. The van der Waals surface area contributed by atoms with Crippen LogP contribution in [-0.4, -0.2) is 43.7 Å². The van der Waals surface area contributed by atoms with Crippen LogP contribution >= 0.6 is 11.6 Å². The fourth-order valence-corrected chi connectivity index (χ4v) is 5.47. The molecule has 2 aliphatic rings. The van der Waals surface area contributed by atoms with E-state index in [1.807, 2.05) is 0 Å². The lowest BCUT2D eigenvalue weighted by atomic mass is 9.94. The number of nitrogens with one attached hydrogen (secondary N) is 2. The molecule has 11 heteroatoms. The van der Waals surface area contributed by atoms with E-state index in [-0.39, 0.29) is 16.8 Å². The Morgan fingerprint density at radius 3 is 2.47 bits per heavy atom. The smallest absolute Gasteiger partial charge is 0.301 e. The quantitative estimate of drug-likeness (QED) is 0.379.